The van der Waals surface area contributed by atoms with Crippen molar-refractivity contribution in [2.75, 3.05) is 38.3 Å². The summed E-state index contributed by atoms with van der Waals surface area (Å²) in [6.45, 7) is 7.31. The molecule has 1 atom stereocenters. The number of morpholine rings is 1. The lowest BCUT2D eigenvalue weighted by Crippen LogP contribution is -2.37. The van der Waals surface area contributed by atoms with Crippen molar-refractivity contribution >= 4 is 11.7 Å². The Labute approximate surface area is 120 Å². The van der Waals surface area contributed by atoms with Crippen molar-refractivity contribution in [2.45, 2.75) is 26.3 Å². The van der Waals surface area contributed by atoms with Crippen LogP contribution >= 0.6 is 0 Å². The molecule has 110 valence electrons. The molecule has 0 bridgehead atoms. The van der Waals surface area contributed by atoms with Crippen LogP contribution in [-0.4, -0.2) is 55.2 Å². The largest absolute Gasteiger partial charge is 0.378 e. The van der Waals surface area contributed by atoms with Crippen LogP contribution < -0.4 is 4.90 Å². The number of pyridine rings is 1. The molecule has 1 aromatic rings. The molecule has 0 unspecified atom stereocenters. The van der Waals surface area contributed by atoms with Gasteiger partial charge >= 0.3 is 0 Å². The van der Waals surface area contributed by atoms with Crippen molar-refractivity contribution in [2.24, 2.45) is 0 Å². The Morgan fingerprint density at radius 3 is 2.70 bits per heavy atom. The Morgan fingerprint density at radius 1 is 1.45 bits per heavy atom. The van der Waals surface area contributed by atoms with Gasteiger partial charge in [0.25, 0.3) is 5.91 Å². The van der Waals surface area contributed by atoms with Crippen LogP contribution in [0.4, 0.5) is 5.82 Å². The maximum absolute atomic E-state index is 12.3. The first-order valence-electron chi connectivity index (χ1n) is 7.19. The number of hydrogen-bond acceptors (Lipinski definition) is 4. The third-order valence-corrected chi connectivity index (χ3v) is 3.90. The monoisotopic (exact) mass is 277 g/mol. The third kappa shape index (κ3) is 3.28. The minimum atomic E-state index is 0.0281. The summed E-state index contributed by atoms with van der Waals surface area (Å²) in [6.07, 6.45) is 2.62. The highest BCUT2D eigenvalue weighted by atomic mass is 16.5. The zero-order chi connectivity index (χ0) is 14.5. The van der Waals surface area contributed by atoms with Gasteiger partial charge in [-0.1, -0.05) is 6.92 Å². The quantitative estimate of drug-likeness (QED) is 0.841. The van der Waals surface area contributed by atoms with Crippen molar-refractivity contribution in [1.82, 2.24) is 9.88 Å². The molecule has 0 aromatic carbocycles. The predicted molar refractivity (Wildman–Crippen MR) is 79.1 cm³/mol. The average molecular weight is 277 g/mol. The number of carbonyl (C=O) groups is 1. The van der Waals surface area contributed by atoms with Gasteiger partial charge in [-0.25, -0.2) is 4.98 Å². The number of aromatic nitrogens is 1. The number of carbonyl (C=O) groups excluding carboxylic acids is 1. The Morgan fingerprint density at radius 2 is 2.15 bits per heavy atom. The van der Waals surface area contributed by atoms with Gasteiger partial charge in [-0.2, -0.15) is 0 Å². The molecule has 0 radical (unpaired) electrons. The Bertz CT molecular complexity index is 441. The lowest BCUT2D eigenvalue weighted by atomic mass is 10.2. The molecule has 2 heterocycles. The normalized spacial score (nSPS) is 16.9. The van der Waals surface area contributed by atoms with Gasteiger partial charge in [-0.3, -0.25) is 4.79 Å². The van der Waals surface area contributed by atoms with Crippen molar-refractivity contribution < 1.29 is 9.53 Å². The summed E-state index contributed by atoms with van der Waals surface area (Å²) >= 11 is 0. The second-order valence-corrected chi connectivity index (χ2v) is 5.18. The molecule has 5 heteroatoms. The molecule has 1 aliphatic heterocycles. The minimum absolute atomic E-state index is 0.0281. The van der Waals surface area contributed by atoms with E-state index in [2.05, 4.69) is 16.8 Å². The third-order valence-electron chi connectivity index (χ3n) is 3.90. The van der Waals surface area contributed by atoms with E-state index in [4.69, 9.17) is 4.74 Å². The number of nitrogens with zero attached hydrogens (tertiary/aromatic N) is 3. The van der Waals surface area contributed by atoms with Crippen LogP contribution in [0.1, 0.15) is 30.6 Å². The van der Waals surface area contributed by atoms with Crippen molar-refractivity contribution in [3.63, 3.8) is 0 Å². The van der Waals surface area contributed by atoms with E-state index in [0.717, 1.165) is 38.5 Å². The highest BCUT2D eigenvalue weighted by Crippen LogP contribution is 2.14. The average Bonchev–Trinajstić information content (AvgIpc) is 2.53. The summed E-state index contributed by atoms with van der Waals surface area (Å²) in [4.78, 5) is 20.6. The summed E-state index contributed by atoms with van der Waals surface area (Å²) in [5.74, 6) is 0.941. The van der Waals surface area contributed by atoms with E-state index in [0.29, 0.717) is 5.56 Å². The highest BCUT2D eigenvalue weighted by Gasteiger charge is 2.17. The van der Waals surface area contributed by atoms with Crippen LogP contribution in [0.3, 0.4) is 0 Å². The van der Waals surface area contributed by atoms with Crippen LogP contribution in [0, 0.1) is 0 Å². The molecule has 1 fully saturated rings. The Balaban J connectivity index is 2.05. The summed E-state index contributed by atoms with van der Waals surface area (Å²) in [5.41, 5.74) is 0.643. The van der Waals surface area contributed by atoms with Crippen molar-refractivity contribution in [1.29, 1.82) is 0 Å². The molecule has 1 aliphatic rings. The van der Waals surface area contributed by atoms with E-state index in [1.54, 1.807) is 11.1 Å². The lowest BCUT2D eigenvalue weighted by molar-refractivity contribution is 0.0740. The first kappa shape index (κ1) is 14.8. The van der Waals surface area contributed by atoms with Gasteiger partial charge in [0.05, 0.1) is 18.8 Å². The summed E-state index contributed by atoms with van der Waals surface area (Å²) in [7, 11) is 1.84. The number of amides is 1. The standard InChI is InChI=1S/C15H23N3O2/c1-4-12(2)17(3)15(19)13-5-6-14(16-11-13)18-7-9-20-10-8-18/h5-6,11-12H,4,7-10H2,1-3H3/t12-/m0/s1. The van der Waals surface area contributed by atoms with E-state index < -0.39 is 0 Å². The molecule has 5 nitrogen and oxygen atoms in total. The molecule has 0 N–H and O–H groups in total. The molecule has 0 spiro atoms. The number of ether oxygens (including phenoxy) is 1. The topological polar surface area (TPSA) is 45.7 Å². The zero-order valence-electron chi connectivity index (χ0n) is 12.5. The molecular weight excluding hydrogens is 254 g/mol. The molecule has 1 amide bonds. The van der Waals surface area contributed by atoms with Gasteiger partial charge in [0.15, 0.2) is 0 Å². The van der Waals surface area contributed by atoms with Gasteiger partial charge in [-0.05, 0) is 25.5 Å². The van der Waals surface area contributed by atoms with Crippen LogP contribution in [-0.2, 0) is 4.74 Å². The molecule has 0 aliphatic carbocycles. The second-order valence-electron chi connectivity index (χ2n) is 5.18. The number of anilines is 1. The molecular formula is C15H23N3O2. The first-order chi connectivity index (χ1) is 9.63. The van der Waals surface area contributed by atoms with Crippen molar-refractivity contribution in [3.05, 3.63) is 23.9 Å². The lowest BCUT2D eigenvalue weighted by Gasteiger charge is -2.28. The molecule has 20 heavy (non-hydrogen) atoms. The predicted octanol–water partition coefficient (Wildman–Crippen LogP) is 1.79. The zero-order valence-corrected chi connectivity index (χ0v) is 12.5. The highest BCUT2D eigenvalue weighted by molar-refractivity contribution is 5.94. The summed E-state index contributed by atoms with van der Waals surface area (Å²) in [5, 5.41) is 0. The van der Waals surface area contributed by atoms with Crippen LogP contribution in [0.5, 0.6) is 0 Å². The van der Waals surface area contributed by atoms with Gasteiger partial charge < -0.3 is 14.5 Å². The summed E-state index contributed by atoms with van der Waals surface area (Å²) < 4.78 is 5.32. The number of hydrogen-bond donors (Lipinski definition) is 0. The van der Waals surface area contributed by atoms with E-state index in [-0.39, 0.29) is 11.9 Å². The summed E-state index contributed by atoms with van der Waals surface area (Å²) in [6, 6.07) is 4.02. The Hall–Kier alpha value is -1.62. The number of rotatable bonds is 4. The smallest absolute Gasteiger partial charge is 0.255 e. The molecule has 1 aromatic heterocycles. The fourth-order valence-electron chi connectivity index (χ4n) is 2.17. The fraction of sp³-hybridized carbons (Fsp3) is 0.600. The molecule has 0 saturated carbocycles. The maximum Gasteiger partial charge on any atom is 0.255 e. The van der Waals surface area contributed by atoms with Crippen LogP contribution in [0.25, 0.3) is 0 Å². The molecule has 1 saturated heterocycles. The maximum atomic E-state index is 12.3. The van der Waals surface area contributed by atoms with Gasteiger partial charge in [0.2, 0.25) is 0 Å². The van der Waals surface area contributed by atoms with E-state index in [1.807, 2.05) is 26.1 Å². The second kappa shape index (κ2) is 6.70. The van der Waals surface area contributed by atoms with E-state index >= 15 is 0 Å². The fourth-order valence-corrected chi connectivity index (χ4v) is 2.17. The van der Waals surface area contributed by atoms with Crippen LogP contribution in [0.2, 0.25) is 0 Å². The molecule has 2 rings (SSSR count). The van der Waals surface area contributed by atoms with Crippen molar-refractivity contribution in [3.8, 4) is 0 Å². The van der Waals surface area contributed by atoms with E-state index in [1.165, 1.54) is 0 Å². The SMILES string of the molecule is CC[C@H](C)N(C)C(=O)c1ccc(N2CCOCC2)nc1. The minimum Gasteiger partial charge on any atom is -0.378 e. The van der Waals surface area contributed by atoms with Gasteiger partial charge in [-0.15, -0.1) is 0 Å². The van der Waals surface area contributed by atoms with E-state index in [9.17, 15) is 4.79 Å². The van der Waals surface area contributed by atoms with Gasteiger partial charge in [0.1, 0.15) is 5.82 Å². The first-order valence-corrected chi connectivity index (χ1v) is 7.19. The van der Waals surface area contributed by atoms with Crippen LogP contribution in [0.15, 0.2) is 18.3 Å². The van der Waals surface area contributed by atoms with Gasteiger partial charge in [0, 0.05) is 32.4 Å². The Kier molecular flexibility index (Phi) is 4.95.